The minimum Gasteiger partial charge on any atom is -0.330 e. The summed E-state index contributed by atoms with van der Waals surface area (Å²) in [6.45, 7) is 8.54. The number of unbranched alkanes of at least 4 members (excludes halogenated alkanes) is 1. The maximum atomic E-state index is 14.6. The number of likely N-dealkylation sites (tertiary alicyclic amines) is 1. The van der Waals surface area contributed by atoms with E-state index in [1.807, 2.05) is 31.2 Å². The first-order chi connectivity index (χ1) is 14.6. The highest BCUT2D eigenvalue weighted by molar-refractivity contribution is 5.98. The number of alkyl halides is 1. The summed E-state index contributed by atoms with van der Waals surface area (Å²) in [6.07, 6.45) is 0.380. The number of hydrogen-bond acceptors (Lipinski definition) is 4. The van der Waals surface area contributed by atoms with Crippen molar-refractivity contribution in [1.29, 1.82) is 0 Å². The van der Waals surface area contributed by atoms with Crippen LogP contribution in [0.1, 0.15) is 65.4 Å². The van der Waals surface area contributed by atoms with Crippen molar-refractivity contribution >= 4 is 23.4 Å². The van der Waals surface area contributed by atoms with Crippen molar-refractivity contribution in [3.8, 4) is 0 Å². The maximum absolute atomic E-state index is 14.6. The van der Waals surface area contributed by atoms with Crippen LogP contribution in [0.5, 0.6) is 0 Å². The van der Waals surface area contributed by atoms with Crippen LogP contribution in [-0.2, 0) is 19.8 Å². The molecule has 1 aromatic carbocycles. The number of nitrogens with one attached hydrogen (secondary N) is 2. The normalized spacial score (nSPS) is 18.4. The quantitative estimate of drug-likeness (QED) is 0.429. The number of nitrogens with zero attached hydrogens (tertiary/aromatic N) is 1. The van der Waals surface area contributed by atoms with E-state index < -0.39 is 29.9 Å². The van der Waals surface area contributed by atoms with Gasteiger partial charge in [-0.05, 0) is 42.4 Å². The molecule has 0 saturated carbocycles. The molecule has 0 radical (unpaired) electrons. The van der Waals surface area contributed by atoms with E-state index in [4.69, 9.17) is 5.21 Å². The van der Waals surface area contributed by atoms with Gasteiger partial charge in [0.25, 0.3) is 5.91 Å². The third kappa shape index (κ3) is 6.26. The van der Waals surface area contributed by atoms with Crippen LogP contribution in [0, 0.1) is 5.92 Å². The Morgan fingerprint density at radius 2 is 1.87 bits per heavy atom. The Morgan fingerprint density at radius 1 is 1.23 bits per heavy atom. The van der Waals surface area contributed by atoms with Crippen molar-refractivity contribution in [1.82, 2.24) is 10.4 Å². The Bertz CT molecular complexity index is 776. The second-order valence-corrected chi connectivity index (χ2v) is 9.13. The molecule has 0 bridgehead atoms. The first-order valence-corrected chi connectivity index (χ1v) is 10.9. The highest BCUT2D eigenvalue weighted by Gasteiger charge is 2.41. The van der Waals surface area contributed by atoms with Crippen LogP contribution in [-0.4, -0.2) is 46.6 Å². The molecule has 8 heteroatoms. The molecule has 1 unspecified atom stereocenters. The Hall–Kier alpha value is -2.48. The van der Waals surface area contributed by atoms with E-state index in [1.165, 1.54) is 10.4 Å². The minimum absolute atomic E-state index is 0.00548. The third-order valence-electron chi connectivity index (χ3n) is 5.76. The van der Waals surface area contributed by atoms with Crippen LogP contribution in [0.2, 0.25) is 0 Å². The highest BCUT2D eigenvalue weighted by Crippen LogP contribution is 2.27. The molecular weight excluding hydrogens is 401 g/mol. The number of benzene rings is 1. The number of amides is 3. The van der Waals surface area contributed by atoms with Gasteiger partial charge < -0.3 is 10.2 Å². The van der Waals surface area contributed by atoms with Gasteiger partial charge in [-0.1, -0.05) is 52.7 Å². The van der Waals surface area contributed by atoms with Crippen LogP contribution < -0.4 is 10.8 Å². The Kier molecular flexibility index (Phi) is 8.56. The van der Waals surface area contributed by atoms with E-state index >= 15 is 0 Å². The number of carbonyl (C=O) groups is 3. The van der Waals surface area contributed by atoms with Gasteiger partial charge in [-0.25, -0.2) is 9.87 Å². The summed E-state index contributed by atoms with van der Waals surface area (Å²) in [4.78, 5) is 38.9. The SMILES string of the molecule is CCCC[C@@H](C(=O)N1CCCC1C(=O)Nc1ccc(C(C)(C)C)cc1)[C@@H](F)C(=O)NO. The second kappa shape index (κ2) is 10.7. The Balaban J connectivity index is 2.13. The smallest absolute Gasteiger partial charge is 0.278 e. The largest absolute Gasteiger partial charge is 0.330 e. The summed E-state index contributed by atoms with van der Waals surface area (Å²) < 4.78 is 14.6. The van der Waals surface area contributed by atoms with Crippen LogP contribution in [0.3, 0.4) is 0 Å². The van der Waals surface area contributed by atoms with Crippen LogP contribution >= 0.6 is 0 Å². The van der Waals surface area contributed by atoms with Gasteiger partial charge in [0.05, 0.1) is 5.92 Å². The first kappa shape index (κ1) is 24.8. The molecule has 1 aliphatic heterocycles. The van der Waals surface area contributed by atoms with Gasteiger partial charge in [-0.15, -0.1) is 0 Å². The highest BCUT2D eigenvalue weighted by atomic mass is 19.1. The molecule has 0 aliphatic carbocycles. The van der Waals surface area contributed by atoms with Crippen LogP contribution in [0.15, 0.2) is 24.3 Å². The molecule has 0 spiro atoms. The lowest BCUT2D eigenvalue weighted by Gasteiger charge is -2.29. The lowest BCUT2D eigenvalue weighted by atomic mass is 9.87. The summed E-state index contributed by atoms with van der Waals surface area (Å²) in [6, 6.07) is 6.84. The molecule has 3 atom stereocenters. The number of halogens is 1. The van der Waals surface area contributed by atoms with Crippen molar-refractivity contribution in [2.75, 3.05) is 11.9 Å². The fourth-order valence-electron chi connectivity index (χ4n) is 3.86. The Morgan fingerprint density at radius 3 is 2.42 bits per heavy atom. The van der Waals surface area contributed by atoms with E-state index in [1.54, 1.807) is 0 Å². The first-order valence-electron chi connectivity index (χ1n) is 10.9. The minimum atomic E-state index is -2.17. The summed E-state index contributed by atoms with van der Waals surface area (Å²) in [5, 5.41) is 11.6. The van der Waals surface area contributed by atoms with Crippen molar-refractivity contribution in [3.05, 3.63) is 29.8 Å². The van der Waals surface area contributed by atoms with Crippen molar-refractivity contribution in [2.45, 2.75) is 77.4 Å². The van der Waals surface area contributed by atoms with E-state index in [-0.39, 0.29) is 17.7 Å². The van der Waals surface area contributed by atoms with Gasteiger partial charge in [-0.2, -0.15) is 0 Å². The zero-order valence-corrected chi connectivity index (χ0v) is 18.8. The van der Waals surface area contributed by atoms with Gasteiger partial charge >= 0.3 is 0 Å². The number of hydrogen-bond donors (Lipinski definition) is 3. The molecule has 172 valence electrons. The predicted octanol–water partition coefficient (Wildman–Crippen LogP) is 3.56. The average molecular weight is 436 g/mol. The molecule has 7 nitrogen and oxygen atoms in total. The molecule has 1 aromatic rings. The van der Waals surface area contributed by atoms with Crippen LogP contribution in [0.4, 0.5) is 10.1 Å². The van der Waals surface area contributed by atoms with Gasteiger partial charge in [0.2, 0.25) is 11.8 Å². The molecule has 3 amide bonds. The summed E-state index contributed by atoms with van der Waals surface area (Å²) in [5.74, 6) is -3.36. The van der Waals surface area contributed by atoms with Gasteiger partial charge in [0.15, 0.2) is 6.17 Å². The molecule has 1 aliphatic rings. The lowest BCUT2D eigenvalue weighted by Crippen LogP contribution is -2.49. The summed E-state index contributed by atoms with van der Waals surface area (Å²) in [7, 11) is 0. The molecular formula is C23H34FN3O4. The fraction of sp³-hybridized carbons (Fsp3) is 0.609. The molecule has 1 fully saturated rings. The van der Waals surface area contributed by atoms with Gasteiger partial charge in [0, 0.05) is 12.2 Å². The Labute approximate surface area is 183 Å². The molecule has 2 rings (SSSR count). The molecule has 3 N–H and O–H groups in total. The standard InChI is InChI=1S/C23H34FN3O4/c1-5-6-8-17(19(24)21(29)26-31)22(30)27-14-7-9-18(27)20(28)25-16-12-10-15(11-13-16)23(2,3)4/h10-13,17-19,31H,5-9,14H2,1-4H3,(H,25,28)(H,26,29)/t17-,18?,19-/m1/s1. The zero-order valence-electron chi connectivity index (χ0n) is 18.8. The van der Waals surface area contributed by atoms with Crippen molar-refractivity contribution < 1.29 is 24.0 Å². The van der Waals surface area contributed by atoms with E-state index in [2.05, 4.69) is 26.1 Å². The molecule has 1 heterocycles. The zero-order chi connectivity index (χ0) is 23.2. The van der Waals surface area contributed by atoms with E-state index in [9.17, 15) is 18.8 Å². The van der Waals surface area contributed by atoms with Crippen LogP contribution in [0.25, 0.3) is 0 Å². The van der Waals surface area contributed by atoms with E-state index in [0.717, 1.165) is 12.0 Å². The molecule has 0 aromatic heterocycles. The second-order valence-electron chi connectivity index (χ2n) is 9.13. The third-order valence-corrected chi connectivity index (χ3v) is 5.76. The number of carbonyl (C=O) groups excluding carboxylic acids is 3. The molecule has 1 saturated heterocycles. The number of hydroxylamine groups is 1. The molecule has 31 heavy (non-hydrogen) atoms. The summed E-state index contributed by atoms with van der Waals surface area (Å²) in [5.41, 5.74) is 3.04. The lowest BCUT2D eigenvalue weighted by molar-refractivity contribution is -0.148. The topological polar surface area (TPSA) is 98.7 Å². The number of anilines is 1. The summed E-state index contributed by atoms with van der Waals surface area (Å²) >= 11 is 0. The van der Waals surface area contributed by atoms with Crippen molar-refractivity contribution in [2.24, 2.45) is 5.92 Å². The van der Waals surface area contributed by atoms with Gasteiger partial charge in [-0.3, -0.25) is 19.6 Å². The predicted molar refractivity (Wildman–Crippen MR) is 116 cm³/mol. The van der Waals surface area contributed by atoms with Crippen molar-refractivity contribution in [3.63, 3.8) is 0 Å². The fourth-order valence-corrected chi connectivity index (χ4v) is 3.86. The average Bonchev–Trinajstić information content (AvgIpc) is 3.23. The maximum Gasteiger partial charge on any atom is 0.278 e. The number of rotatable bonds is 8. The van der Waals surface area contributed by atoms with Gasteiger partial charge in [0.1, 0.15) is 6.04 Å². The monoisotopic (exact) mass is 435 g/mol. The van der Waals surface area contributed by atoms with E-state index in [0.29, 0.717) is 31.5 Å².